The number of aromatic nitrogens is 1. The standard InChI is InChI=1S/C24H48N2O5.C10H14N2O.HI/c1-3-4-5-6-7-8-9-10-11-12-13-14-15-16-17-18-19-26-24(28)31-21-22(29-2)20-30-23(25)27;1-3-11-10(13)9-5-7-12(4-2)8-6-9;/h22H,3-21H2,1-2H3,(H2,25,27)(H,26,28);5-8H,3-4H2,1-2H3;1H. The molecule has 1 unspecified atom stereocenters. The summed E-state index contributed by atoms with van der Waals surface area (Å²) >= 11 is 0. The van der Waals surface area contributed by atoms with Crippen LogP contribution in [-0.2, 0) is 20.8 Å². The first-order valence-electron chi connectivity index (χ1n) is 17.0. The Morgan fingerprint density at radius 1 is 0.733 bits per heavy atom. The third kappa shape index (κ3) is 29.0. The molecule has 45 heavy (non-hydrogen) atoms. The smallest absolute Gasteiger partial charge is 0.407 e. The predicted octanol–water partition coefficient (Wildman–Crippen LogP) is 3.83. The number of halogens is 1. The van der Waals surface area contributed by atoms with Crippen LogP contribution in [-0.4, -0.2) is 57.6 Å². The van der Waals surface area contributed by atoms with Gasteiger partial charge in [-0.25, -0.2) is 14.2 Å². The SMILES string of the molecule is CCCCCCCCCCCCCCCCCCNC(=O)OCC(COC(N)=O)OC.CCNC(=O)c1cc[n+](CC)cc1.[I-]. The molecule has 10 nitrogen and oxygen atoms in total. The molecule has 1 aromatic heterocycles. The molecule has 3 amide bonds. The minimum atomic E-state index is -0.880. The number of carbonyl (C=O) groups is 3. The average Bonchev–Trinajstić information content (AvgIpc) is 3.03. The molecule has 11 heteroatoms. The van der Waals surface area contributed by atoms with Crippen molar-refractivity contribution in [2.24, 2.45) is 5.73 Å². The molecule has 0 aliphatic rings. The average molecular weight is 751 g/mol. The second-order valence-corrected chi connectivity index (χ2v) is 11.1. The second kappa shape index (κ2) is 33.2. The van der Waals surface area contributed by atoms with Crippen molar-refractivity contribution in [3.05, 3.63) is 30.1 Å². The Morgan fingerprint density at radius 3 is 1.62 bits per heavy atom. The van der Waals surface area contributed by atoms with Crippen LogP contribution in [0.15, 0.2) is 24.5 Å². The summed E-state index contributed by atoms with van der Waals surface area (Å²) in [5.41, 5.74) is 5.61. The van der Waals surface area contributed by atoms with Gasteiger partial charge in [0.2, 0.25) is 0 Å². The Bertz CT molecular complexity index is 844. The lowest BCUT2D eigenvalue weighted by atomic mass is 10.0. The first-order chi connectivity index (χ1) is 21.4. The zero-order valence-electron chi connectivity index (χ0n) is 28.6. The van der Waals surface area contributed by atoms with Crippen LogP contribution in [0.2, 0.25) is 0 Å². The zero-order chi connectivity index (χ0) is 32.7. The molecule has 0 aliphatic heterocycles. The molecule has 0 aromatic carbocycles. The molecule has 0 bridgehead atoms. The maximum atomic E-state index is 11.6. The Kier molecular flexibility index (Phi) is 33.2. The van der Waals surface area contributed by atoms with E-state index in [9.17, 15) is 14.4 Å². The molecule has 0 saturated heterocycles. The van der Waals surface area contributed by atoms with Crippen LogP contribution in [0, 0.1) is 0 Å². The quantitative estimate of drug-likeness (QED) is 0.0792. The van der Waals surface area contributed by atoms with Crippen LogP contribution in [0.5, 0.6) is 0 Å². The van der Waals surface area contributed by atoms with Crippen LogP contribution >= 0.6 is 0 Å². The van der Waals surface area contributed by atoms with Gasteiger partial charge in [0.05, 0.1) is 5.56 Å². The fourth-order valence-corrected chi connectivity index (χ4v) is 4.52. The highest BCUT2D eigenvalue weighted by Gasteiger charge is 2.13. The number of pyridine rings is 1. The normalized spacial score (nSPS) is 10.9. The van der Waals surface area contributed by atoms with Gasteiger partial charge in [0.15, 0.2) is 12.4 Å². The van der Waals surface area contributed by atoms with E-state index in [1.54, 1.807) is 0 Å². The van der Waals surface area contributed by atoms with Crippen molar-refractivity contribution < 1.29 is 57.1 Å². The number of hydrogen-bond donors (Lipinski definition) is 3. The number of primary amides is 1. The van der Waals surface area contributed by atoms with Crippen LogP contribution in [0.4, 0.5) is 9.59 Å². The monoisotopic (exact) mass is 750 g/mol. The first-order valence-corrected chi connectivity index (χ1v) is 17.0. The van der Waals surface area contributed by atoms with Gasteiger partial charge >= 0.3 is 12.2 Å². The molecule has 1 atom stereocenters. The van der Waals surface area contributed by atoms with Crippen molar-refractivity contribution in [3.63, 3.8) is 0 Å². The van der Waals surface area contributed by atoms with Gasteiger partial charge in [-0.15, -0.1) is 0 Å². The number of nitrogens with zero attached hydrogens (tertiary/aromatic N) is 1. The van der Waals surface area contributed by atoms with Crippen molar-refractivity contribution in [1.29, 1.82) is 0 Å². The molecule has 0 saturated carbocycles. The predicted molar refractivity (Wildman–Crippen MR) is 176 cm³/mol. The highest BCUT2D eigenvalue weighted by molar-refractivity contribution is 5.93. The highest BCUT2D eigenvalue weighted by atomic mass is 127. The number of nitrogens with two attached hydrogens (primary N) is 1. The fourth-order valence-electron chi connectivity index (χ4n) is 4.52. The van der Waals surface area contributed by atoms with Gasteiger partial charge in [0.1, 0.15) is 25.9 Å². The van der Waals surface area contributed by atoms with E-state index in [4.69, 9.17) is 15.2 Å². The van der Waals surface area contributed by atoms with E-state index < -0.39 is 18.3 Å². The summed E-state index contributed by atoms with van der Waals surface area (Å²) in [5, 5.41) is 5.48. The lowest BCUT2D eigenvalue weighted by Crippen LogP contribution is -3.00. The molecule has 262 valence electrons. The van der Waals surface area contributed by atoms with Crippen LogP contribution < -0.4 is 44.9 Å². The minimum absolute atomic E-state index is 0. The van der Waals surface area contributed by atoms with Crippen molar-refractivity contribution in [2.45, 2.75) is 136 Å². The zero-order valence-corrected chi connectivity index (χ0v) is 30.7. The Labute approximate surface area is 290 Å². The van der Waals surface area contributed by atoms with Crippen molar-refractivity contribution >= 4 is 18.1 Å². The summed E-state index contributed by atoms with van der Waals surface area (Å²) in [6, 6.07) is 3.66. The molecule has 1 aromatic rings. The van der Waals surface area contributed by atoms with Gasteiger partial charge in [-0.3, -0.25) is 4.79 Å². The van der Waals surface area contributed by atoms with Crippen LogP contribution in [0.1, 0.15) is 134 Å². The number of rotatable bonds is 25. The number of ether oxygens (including phenoxy) is 3. The summed E-state index contributed by atoms with van der Waals surface area (Å²) in [4.78, 5) is 33.5. The molecule has 1 heterocycles. The van der Waals surface area contributed by atoms with Gasteiger partial charge in [-0.2, -0.15) is 0 Å². The van der Waals surface area contributed by atoms with E-state index in [0.29, 0.717) is 18.7 Å². The lowest BCUT2D eigenvalue weighted by Gasteiger charge is -2.15. The van der Waals surface area contributed by atoms with Gasteiger partial charge in [-0.05, 0) is 20.3 Å². The van der Waals surface area contributed by atoms with E-state index in [0.717, 1.165) is 19.4 Å². The number of alkyl carbamates (subject to hydrolysis) is 1. The maximum absolute atomic E-state index is 11.6. The molecule has 0 fully saturated rings. The van der Waals surface area contributed by atoms with Gasteiger partial charge in [0, 0.05) is 32.3 Å². The minimum Gasteiger partial charge on any atom is -1.00 e. The van der Waals surface area contributed by atoms with Crippen molar-refractivity contribution in [3.8, 4) is 0 Å². The second-order valence-electron chi connectivity index (χ2n) is 11.1. The molecule has 0 radical (unpaired) electrons. The number of carbonyl (C=O) groups excluding carboxylic acids is 3. The molecular formula is C34H63IN4O6. The first kappa shape index (κ1) is 45.0. The summed E-state index contributed by atoms with van der Waals surface area (Å²) in [5.74, 6) is -0.00856. The summed E-state index contributed by atoms with van der Waals surface area (Å²) in [7, 11) is 1.45. The Hall–Kier alpha value is -2.15. The number of methoxy groups -OCH3 is 1. The number of amides is 3. The number of nitrogens with one attached hydrogen (secondary N) is 2. The topological polar surface area (TPSA) is 133 Å². The maximum Gasteiger partial charge on any atom is 0.407 e. The number of unbranched alkanes of at least 4 members (excludes halogenated alkanes) is 15. The summed E-state index contributed by atoms with van der Waals surface area (Å²) in [6.07, 6.45) is 23.1. The summed E-state index contributed by atoms with van der Waals surface area (Å²) in [6.45, 7) is 8.40. The van der Waals surface area contributed by atoms with Gasteiger partial charge in [0.25, 0.3) is 5.91 Å². The van der Waals surface area contributed by atoms with Crippen LogP contribution in [0.3, 0.4) is 0 Å². The van der Waals surface area contributed by atoms with Crippen LogP contribution in [0.25, 0.3) is 0 Å². The lowest BCUT2D eigenvalue weighted by molar-refractivity contribution is -0.693. The van der Waals surface area contributed by atoms with E-state index >= 15 is 0 Å². The largest absolute Gasteiger partial charge is 1.00 e. The molecule has 1 rings (SSSR count). The molecule has 0 aliphatic carbocycles. The van der Waals surface area contributed by atoms with E-state index in [1.807, 2.05) is 36.0 Å². The number of aryl methyl sites for hydroxylation is 1. The Balaban J connectivity index is 0. The molecule has 4 N–H and O–H groups in total. The Morgan fingerprint density at radius 2 is 1.20 bits per heavy atom. The third-order valence-electron chi connectivity index (χ3n) is 7.30. The van der Waals surface area contributed by atoms with Crippen molar-refractivity contribution in [2.75, 3.05) is 33.4 Å². The van der Waals surface area contributed by atoms with Gasteiger partial charge < -0.3 is 54.6 Å². The molecular weight excluding hydrogens is 687 g/mol. The van der Waals surface area contributed by atoms with E-state index in [1.165, 1.54) is 97.0 Å². The van der Waals surface area contributed by atoms with Crippen molar-refractivity contribution in [1.82, 2.24) is 10.6 Å². The fraction of sp³-hybridized carbons (Fsp3) is 0.765. The van der Waals surface area contributed by atoms with Gasteiger partial charge in [-0.1, -0.05) is 103 Å². The number of hydrogen-bond acceptors (Lipinski definition) is 6. The third-order valence-corrected chi connectivity index (χ3v) is 7.30. The summed E-state index contributed by atoms with van der Waals surface area (Å²) < 4.78 is 16.7. The van der Waals surface area contributed by atoms with E-state index in [-0.39, 0.29) is 43.1 Å². The van der Waals surface area contributed by atoms with E-state index in [2.05, 4.69) is 29.2 Å². The highest BCUT2D eigenvalue weighted by Crippen LogP contribution is 2.13. The molecule has 0 spiro atoms.